The van der Waals surface area contributed by atoms with Crippen LogP contribution < -0.4 is 16.7 Å². The molecule has 3 aliphatic heterocycles. The lowest BCUT2D eigenvalue weighted by Crippen LogP contribution is -2.17. The summed E-state index contributed by atoms with van der Waals surface area (Å²) in [5.74, 6) is 1.39. The minimum Gasteiger partial charge on any atom is -0.396 e. The Morgan fingerprint density at radius 1 is 1.29 bits per heavy atom. The van der Waals surface area contributed by atoms with Crippen LogP contribution in [0.3, 0.4) is 0 Å². The van der Waals surface area contributed by atoms with Crippen molar-refractivity contribution in [2.45, 2.75) is 13.5 Å². The van der Waals surface area contributed by atoms with Gasteiger partial charge in [-0.3, -0.25) is 4.99 Å². The second kappa shape index (κ2) is 5.30. The van der Waals surface area contributed by atoms with E-state index >= 15 is 0 Å². The van der Waals surface area contributed by atoms with Gasteiger partial charge in [0.25, 0.3) is 0 Å². The van der Waals surface area contributed by atoms with E-state index < -0.39 is 5.82 Å². The number of nitrogen functional groups attached to an aromatic ring is 1. The highest BCUT2D eigenvalue weighted by molar-refractivity contribution is 5.85. The first-order valence-electron chi connectivity index (χ1n) is 7.72. The predicted molar refractivity (Wildman–Crippen MR) is 91.2 cm³/mol. The SMILES string of the molecule is CN=c1ncc2cc(-c3cc(N)c(F)cc3C)c3n(c-2n1)CCN3. The highest BCUT2D eigenvalue weighted by Gasteiger charge is 2.23. The number of nitrogens with zero attached hydrogens (tertiary/aromatic N) is 4. The number of hydrogen-bond acceptors (Lipinski definition) is 5. The van der Waals surface area contributed by atoms with Gasteiger partial charge in [-0.25, -0.2) is 9.37 Å². The van der Waals surface area contributed by atoms with Crippen molar-refractivity contribution in [2.75, 3.05) is 24.6 Å². The van der Waals surface area contributed by atoms with E-state index in [0.717, 1.165) is 47.0 Å². The molecule has 3 heterocycles. The summed E-state index contributed by atoms with van der Waals surface area (Å²) in [5, 5.41) is 3.40. The molecule has 0 bridgehead atoms. The maximum atomic E-state index is 13.7. The number of halogens is 1. The van der Waals surface area contributed by atoms with Crippen LogP contribution in [0.25, 0.3) is 22.5 Å². The van der Waals surface area contributed by atoms with Crippen LogP contribution in [-0.2, 0) is 6.54 Å². The number of benzene rings is 1. The van der Waals surface area contributed by atoms with Crippen molar-refractivity contribution < 1.29 is 4.39 Å². The zero-order chi connectivity index (χ0) is 16.8. The van der Waals surface area contributed by atoms with E-state index in [1.165, 1.54) is 6.07 Å². The summed E-state index contributed by atoms with van der Waals surface area (Å²) < 4.78 is 15.8. The number of aromatic nitrogens is 3. The minimum absolute atomic E-state index is 0.142. The fourth-order valence-corrected chi connectivity index (χ4v) is 3.15. The number of aryl methyl sites for hydroxylation is 1. The largest absolute Gasteiger partial charge is 0.396 e. The highest BCUT2D eigenvalue weighted by Crippen LogP contribution is 2.38. The topological polar surface area (TPSA) is 81.1 Å². The normalized spacial score (nSPS) is 14.0. The third-order valence-corrected chi connectivity index (χ3v) is 4.33. The fourth-order valence-electron chi connectivity index (χ4n) is 3.15. The van der Waals surface area contributed by atoms with E-state index in [9.17, 15) is 4.39 Å². The fraction of sp³-hybridized carbons (Fsp3) is 0.235. The molecular weight excluding hydrogens is 307 g/mol. The first kappa shape index (κ1) is 14.6. The molecule has 3 aliphatic rings. The van der Waals surface area contributed by atoms with Crippen LogP contribution in [0.4, 0.5) is 15.9 Å². The van der Waals surface area contributed by atoms with Crippen molar-refractivity contribution in [3.63, 3.8) is 0 Å². The van der Waals surface area contributed by atoms with Crippen molar-refractivity contribution >= 4 is 11.5 Å². The van der Waals surface area contributed by atoms with Gasteiger partial charge < -0.3 is 15.6 Å². The number of pyridine rings is 1. The number of rotatable bonds is 1. The summed E-state index contributed by atoms with van der Waals surface area (Å²) in [6, 6.07) is 5.16. The maximum absolute atomic E-state index is 13.7. The molecule has 0 aliphatic carbocycles. The Labute approximate surface area is 138 Å². The summed E-state index contributed by atoms with van der Waals surface area (Å²) >= 11 is 0. The highest BCUT2D eigenvalue weighted by atomic mass is 19.1. The standard InChI is InChI=1S/C17H17FN6/c1-9-5-13(18)14(19)7-11(9)12-6-10-8-22-17(20-2)23-15(10)24-4-3-21-16(12)24/h5-8,21H,3-4,19H2,1-2H3. The number of hydrogen-bond donors (Lipinski definition) is 2. The van der Waals surface area contributed by atoms with Crippen LogP contribution in [0.2, 0.25) is 0 Å². The van der Waals surface area contributed by atoms with Crippen molar-refractivity contribution in [2.24, 2.45) is 4.99 Å². The molecule has 122 valence electrons. The zero-order valence-corrected chi connectivity index (χ0v) is 13.5. The van der Waals surface area contributed by atoms with E-state index in [2.05, 4.69) is 24.8 Å². The van der Waals surface area contributed by atoms with Gasteiger partial charge in [0.15, 0.2) is 0 Å². The first-order chi connectivity index (χ1) is 11.6. The molecule has 1 aromatic rings. The average Bonchev–Trinajstić information content (AvgIpc) is 3.07. The summed E-state index contributed by atoms with van der Waals surface area (Å²) in [5.41, 5.74) is 9.99. The van der Waals surface area contributed by atoms with Crippen LogP contribution >= 0.6 is 0 Å². The molecule has 0 saturated heterocycles. The van der Waals surface area contributed by atoms with E-state index in [1.54, 1.807) is 19.3 Å². The smallest absolute Gasteiger partial charge is 0.246 e. The third-order valence-electron chi connectivity index (χ3n) is 4.33. The Kier molecular flexibility index (Phi) is 3.23. The van der Waals surface area contributed by atoms with Crippen LogP contribution in [-0.4, -0.2) is 28.1 Å². The van der Waals surface area contributed by atoms with E-state index in [-0.39, 0.29) is 5.69 Å². The quantitative estimate of drug-likeness (QED) is 0.671. The Hall–Kier alpha value is -2.96. The molecule has 0 atom stereocenters. The lowest BCUT2D eigenvalue weighted by molar-refractivity contribution is 0.631. The van der Waals surface area contributed by atoms with Gasteiger partial charge in [0, 0.05) is 37.5 Å². The zero-order valence-electron chi connectivity index (χ0n) is 13.5. The van der Waals surface area contributed by atoms with Gasteiger partial charge in [-0.2, -0.15) is 4.98 Å². The molecule has 0 amide bonds. The molecule has 6 nitrogen and oxygen atoms in total. The van der Waals surface area contributed by atoms with Gasteiger partial charge in [-0.15, -0.1) is 0 Å². The Morgan fingerprint density at radius 2 is 2.12 bits per heavy atom. The summed E-state index contributed by atoms with van der Waals surface area (Å²) in [6.45, 7) is 3.49. The number of nitrogens with one attached hydrogen (secondary N) is 1. The molecule has 0 radical (unpaired) electrons. The molecule has 3 N–H and O–H groups in total. The third kappa shape index (κ3) is 2.12. The Balaban J connectivity index is 2.05. The second-order valence-electron chi connectivity index (χ2n) is 5.85. The van der Waals surface area contributed by atoms with Crippen molar-refractivity contribution in [3.05, 3.63) is 41.4 Å². The van der Waals surface area contributed by atoms with Crippen molar-refractivity contribution in [1.29, 1.82) is 0 Å². The summed E-state index contributed by atoms with van der Waals surface area (Å²) in [7, 11) is 1.67. The molecule has 0 unspecified atom stereocenters. The maximum Gasteiger partial charge on any atom is 0.246 e. The van der Waals surface area contributed by atoms with E-state index in [1.807, 2.05) is 13.0 Å². The van der Waals surface area contributed by atoms with Crippen LogP contribution in [0.15, 0.2) is 29.4 Å². The van der Waals surface area contributed by atoms with E-state index in [0.29, 0.717) is 5.62 Å². The molecule has 4 rings (SSSR count). The molecule has 0 fully saturated rings. The van der Waals surface area contributed by atoms with Crippen LogP contribution in [0.5, 0.6) is 0 Å². The molecule has 0 spiro atoms. The van der Waals surface area contributed by atoms with Crippen molar-refractivity contribution in [1.82, 2.24) is 14.5 Å². The molecular formula is C17H17FN6. The summed E-state index contributed by atoms with van der Waals surface area (Å²) in [6.07, 6.45) is 1.77. The number of fused-ring (bicyclic) bond motifs is 3. The second-order valence-corrected chi connectivity index (χ2v) is 5.85. The first-order valence-corrected chi connectivity index (χ1v) is 7.72. The van der Waals surface area contributed by atoms with Crippen LogP contribution in [0.1, 0.15) is 5.56 Å². The van der Waals surface area contributed by atoms with Crippen molar-refractivity contribution in [3.8, 4) is 22.5 Å². The molecule has 7 heteroatoms. The predicted octanol–water partition coefficient (Wildman–Crippen LogP) is 2.04. The van der Waals surface area contributed by atoms with Gasteiger partial charge in [-0.05, 0) is 36.2 Å². The van der Waals surface area contributed by atoms with Gasteiger partial charge >= 0.3 is 0 Å². The number of nitrogens with two attached hydrogens (primary N) is 1. The lowest BCUT2D eigenvalue weighted by atomic mass is 9.98. The van der Waals surface area contributed by atoms with E-state index in [4.69, 9.17) is 5.73 Å². The summed E-state index contributed by atoms with van der Waals surface area (Å²) in [4.78, 5) is 12.8. The molecule has 1 aromatic carbocycles. The molecule has 0 saturated carbocycles. The van der Waals surface area contributed by atoms with Crippen LogP contribution in [0, 0.1) is 12.7 Å². The van der Waals surface area contributed by atoms with Gasteiger partial charge in [0.05, 0.1) is 5.69 Å². The Morgan fingerprint density at radius 3 is 2.92 bits per heavy atom. The van der Waals surface area contributed by atoms with Gasteiger partial charge in [0.2, 0.25) is 5.62 Å². The monoisotopic (exact) mass is 324 g/mol. The lowest BCUT2D eigenvalue weighted by Gasteiger charge is -2.18. The number of anilines is 2. The minimum atomic E-state index is -0.396. The van der Waals surface area contributed by atoms with Gasteiger partial charge in [0.1, 0.15) is 17.5 Å². The molecule has 0 aromatic heterocycles. The van der Waals surface area contributed by atoms with Gasteiger partial charge in [-0.1, -0.05) is 0 Å². The average molecular weight is 324 g/mol. The Bertz CT molecular complexity index is 991. The molecule has 24 heavy (non-hydrogen) atoms.